The smallest absolute Gasteiger partial charge is 0.300 e. The molecule has 1 saturated heterocycles. The topological polar surface area (TPSA) is 79.7 Å². The Morgan fingerprint density at radius 1 is 1.09 bits per heavy atom. The molecule has 2 aromatic carbocycles. The number of anilines is 1. The van der Waals surface area contributed by atoms with Gasteiger partial charge in [-0.15, -0.1) is 0 Å². The van der Waals surface area contributed by atoms with E-state index in [0.717, 1.165) is 11.1 Å². The Balaban J connectivity index is 2.00. The number of ketones is 1. The molecule has 1 aromatic heterocycles. The minimum absolute atomic E-state index is 0.108. The zero-order valence-corrected chi connectivity index (χ0v) is 19.6. The lowest BCUT2D eigenvalue weighted by Crippen LogP contribution is -2.29. The highest BCUT2D eigenvalue weighted by molar-refractivity contribution is 6.52. The number of amides is 1. The zero-order valence-electron chi connectivity index (χ0n) is 18.1. The molecule has 3 aromatic rings. The number of aliphatic hydroxyl groups is 1. The van der Waals surface area contributed by atoms with Crippen molar-refractivity contribution in [1.82, 2.24) is 4.98 Å². The van der Waals surface area contributed by atoms with Crippen LogP contribution in [0.2, 0.25) is 10.0 Å². The lowest BCUT2D eigenvalue weighted by atomic mass is 9.95. The number of carbonyl (C=O) groups excluding carboxylic acids is 2. The summed E-state index contributed by atoms with van der Waals surface area (Å²) < 4.78 is 5.35. The van der Waals surface area contributed by atoms with Crippen molar-refractivity contribution < 1.29 is 19.4 Å². The van der Waals surface area contributed by atoms with Crippen LogP contribution in [0.15, 0.2) is 60.4 Å². The number of aliphatic hydroxyl groups excluding tert-OH is 1. The molecule has 6 nitrogen and oxygen atoms in total. The summed E-state index contributed by atoms with van der Waals surface area (Å²) >= 11 is 12.4. The van der Waals surface area contributed by atoms with Crippen LogP contribution in [0.4, 0.5) is 5.69 Å². The van der Waals surface area contributed by atoms with Crippen molar-refractivity contribution in [2.24, 2.45) is 0 Å². The highest BCUT2D eigenvalue weighted by Gasteiger charge is 2.47. The molecule has 1 unspecified atom stereocenters. The lowest BCUT2D eigenvalue weighted by molar-refractivity contribution is -0.132. The second-order valence-corrected chi connectivity index (χ2v) is 8.54. The predicted molar refractivity (Wildman–Crippen MR) is 128 cm³/mol. The molecule has 0 bridgehead atoms. The van der Waals surface area contributed by atoms with Gasteiger partial charge in [-0.25, -0.2) is 0 Å². The van der Waals surface area contributed by atoms with Crippen molar-refractivity contribution in [2.45, 2.75) is 19.9 Å². The molecule has 2 heterocycles. The monoisotopic (exact) mass is 482 g/mol. The van der Waals surface area contributed by atoms with Crippen LogP contribution in [0.5, 0.6) is 5.75 Å². The molecule has 1 atom stereocenters. The number of methoxy groups -OCH3 is 1. The van der Waals surface area contributed by atoms with Crippen LogP contribution in [-0.2, 0) is 9.59 Å². The first-order valence-corrected chi connectivity index (χ1v) is 10.8. The molecule has 1 amide bonds. The van der Waals surface area contributed by atoms with E-state index < -0.39 is 23.5 Å². The fraction of sp³-hybridized carbons (Fsp3) is 0.160. The van der Waals surface area contributed by atoms with Crippen molar-refractivity contribution in [1.29, 1.82) is 0 Å². The standard InChI is InChI=1S/C25H20Cl2N2O4/c1-13-6-7-17(9-14(13)2)29-21(15-5-4-8-28-12-15)20(23(31)25(29)32)22(30)18-10-16(26)11-19(27)24(18)33-3/h4-12,21,30H,1-3H3/b22-20+. The molecular weight excluding hydrogens is 463 g/mol. The molecule has 1 N–H and O–H groups in total. The minimum atomic E-state index is -0.914. The Kier molecular flexibility index (Phi) is 6.15. The van der Waals surface area contributed by atoms with E-state index in [4.69, 9.17) is 27.9 Å². The second-order valence-electron chi connectivity index (χ2n) is 7.69. The summed E-state index contributed by atoms with van der Waals surface area (Å²) in [5.41, 5.74) is 3.10. The molecule has 33 heavy (non-hydrogen) atoms. The van der Waals surface area contributed by atoms with Gasteiger partial charge in [0, 0.05) is 23.1 Å². The average molecular weight is 483 g/mol. The summed E-state index contributed by atoms with van der Waals surface area (Å²) in [6.07, 6.45) is 3.14. The van der Waals surface area contributed by atoms with Gasteiger partial charge in [-0.3, -0.25) is 19.5 Å². The highest BCUT2D eigenvalue weighted by atomic mass is 35.5. The van der Waals surface area contributed by atoms with Gasteiger partial charge >= 0.3 is 0 Å². The first kappa shape index (κ1) is 22.8. The first-order valence-electron chi connectivity index (χ1n) is 10.1. The van der Waals surface area contributed by atoms with Crippen LogP contribution in [0.25, 0.3) is 5.76 Å². The third-order valence-corrected chi connectivity index (χ3v) is 6.18. The zero-order chi connectivity index (χ0) is 23.9. The SMILES string of the molecule is COc1c(Cl)cc(Cl)cc1/C(O)=C1\C(=O)C(=O)N(c2ccc(C)c(C)c2)C1c1cccnc1. The largest absolute Gasteiger partial charge is 0.507 e. The fourth-order valence-electron chi connectivity index (χ4n) is 3.92. The van der Waals surface area contributed by atoms with Gasteiger partial charge in [-0.1, -0.05) is 35.3 Å². The number of aryl methyl sites for hydroxylation is 2. The number of ether oxygens (including phenoxy) is 1. The maximum absolute atomic E-state index is 13.3. The molecule has 0 spiro atoms. The quantitative estimate of drug-likeness (QED) is 0.295. The number of hydrogen-bond acceptors (Lipinski definition) is 5. The van der Waals surface area contributed by atoms with Crippen molar-refractivity contribution in [3.8, 4) is 5.75 Å². The van der Waals surface area contributed by atoms with Crippen molar-refractivity contribution >= 4 is 46.3 Å². The number of rotatable bonds is 4. The Morgan fingerprint density at radius 2 is 1.85 bits per heavy atom. The summed E-state index contributed by atoms with van der Waals surface area (Å²) in [5, 5.41) is 11.7. The van der Waals surface area contributed by atoms with E-state index in [0.29, 0.717) is 11.3 Å². The number of halogens is 2. The van der Waals surface area contributed by atoms with Gasteiger partial charge < -0.3 is 9.84 Å². The van der Waals surface area contributed by atoms with Crippen LogP contribution in [0.3, 0.4) is 0 Å². The summed E-state index contributed by atoms with van der Waals surface area (Å²) in [4.78, 5) is 32.0. The van der Waals surface area contributed by atoms with Gasteiger partial charge in [0.15, 0.2) is 0 Å². The summed E-state index contributed by atoms with van der Waals surface area (Å²) in [7, 11) is 1.39. The van der Waals surface area contributed by atoms with E-state index in [9.17, 15) is 14.7 Å². The van der Waals surface area contributed by atoms with Gasteiger partial charge in [-0.05, 0) is 60.9 Å². The molecule has 1 fully saturated rings. The second kappa shape index (κ2) is 8.89. The number of hydrogen-bond donors (Lipinski definition) is 1. The number of pyridine rings is 1. The van der Waals surface area contributed by atoms with Gasteiger partial charge in [0.25, 0.3) is 11.7 Å². The van der Waals surface area contributed by atoms with Gasteiger partial charge in [0.1, 0.15) is 11.5 Å². The van der Waals surface area contributed by atoms with E-state index in [-0.39, 0.29) is 26.9 Å². The molecule has 4 rings (SSSR count). The van der Waals surface area contributed by atoms with Gasteiger partial charge in [0.2, 0.25) is 0 Å². The van der Waals surface area contributed by atoms with Crippen LogP contribution >= 0.6 is 23.2 Å². The molecule has 168 valence electrons. The summed E-state index contributed by atoms with van der Waals surface area (Å²) in [5.74, 6) is -1.89. The lowest BCUT2D eigenvalue weighted by Gasteiger charge is -2.26. The minimum Gasteiger partial charge on any atom is -0.507 e. The van der Waals surface area contributed by atoms with Crippen molar-refractivity contribution in [3.63, 3.8) is 0 Å². The summed E-state index contributed by atoms with van der Waals surface area (Å²) in [6, 6.07) is 10.9. The molecule has 0 saturated carbocycles. The van der Waals surface area contributed by atoms with E-state index in [1.54, 1.807) is 30.6 Å². The fourth-order valence-corrected chi connectivity index (χ4v) is 4.49. The Hall–Kier alpha value is -3.35. The van der Waals surface area contributed by atoms with Crippen LogP contribution in [0, 0.1) is 13.8 Å². The highest BCUT2D eigenvalue weighted by Crippen LogP contribution is 2.44. The third-order valence-electron chi connectivity index (χ3n) is 5.68. The molecule has 1 aliphatic rings. The number of benzene rings is 2. The maximum Gasteiger partial charge on any atom is 0.300 e. The van der Waals surface area contributed by atoms with E-state index >= 15 is 0 Å². The Bertz CT molecular complexity index is 1310. The van der Waals surface area contributed by atoms with E-state index in [1.807, 2.05) is 26.0 Å². The molecule has 0 aliphatic carbocycles. The number of Topliss-reactive ketones (excluding diaryl/α,β-unsaturated/α-hetero) is 1. The number of nitrogens with zero attached hydrogens (tertiary/aromatic N) is 2. The van der Waals surface area contributed by atoms with E-state index in [1.165, 1.54) is 24.1 Å². The van der Waals surface area contributed by atoms with Crippen molar-refractivity contribution in [2.75, 3.05) is 12.0 Å². The van der Waals surface area contributed by atoms with Gasteiger partial charge in [0.05, 0.1) is 29.3 Å². The maximum atomic E-state index is 13.3. The number of aromatic nitrogens is 1. The Labute approximate surface area is 201 Å². The van der Waals surface area contributed by atoms with E-state index in [2.05, 4.69) is 4.98 Å². The van der Waals surface area contributed by atoms with Gasteiger partial charge in [-0.2, -0.15) is 0 Å². The molecule has 1 aliphatic heterocycles. The molecule has 0 radical (unpaired) electrons. The molecular formula is C25H20Cl2N2O4. The Morgan fingerprint density at radius 3 is 2.48 bits per heavy atom. The van der Waals surface area contributed by atoms with Crippen LogP contribution in [0.1, 0.15) is 28.3 Å². The predicted octanol–water partition coefficient (Wildman–Crippen LogP) is 5.64. The third kappa shape index (κ3) is 3.96. The first-order chi connectivity index (χ1) is 15.7. The summed E-state index contributed by atoms with van der Waals surface area (Å²) in [6.45, 7) is 3.88. The average Bonchev–Trinajstić information content (AvgIpc) is 3.06. The van der Waals surface area contributed by atoms with Crippen molar-refractivity contribution in [3.05, 3.63) is 92.7 Å². The molecule has 8 heteroatoms. The normalized spacial score (nSPS) is 17.5. The van der Waals surface area contributed by atoms with Crippen LogP contribution in [-0.4, -0.2) is 28.9 Å². The number of carbonyl (C=O) groups is 2. The van der Waals surface area contributed by atoms with Crippen LogP contribution < -0.4 is 9.64 Å².